The third kappa shape index (κ3) is 6.10. The molecule has 0 heterocycles. The van der Waals surface area contributed by atoms with Crippen LogP contribution in [0, 0.1) is 5.41 Å². The van der Waals surface area contributed by atoms with Crippen molar-refractivity contribution in [2.75, 3.05) is 0 Å². The average molecular weight is 382 g/mol. The lowest BCUT2D eigenvalue weighted by atomic mass is 9.88. The van der Waals surface area contributed by atoms with Crippen LogP contribution in [0.3, 0.4) is 0 Å². The molecule has 0 bridgehead atoms. The quantitative estimate of drug-likeness (QED) is 0.638. The lowest BCUT2D eigenvalue weighted by Crippen LogP contribution is -2.41. The van der Waals surface area contributed by atoms with E-state index in [1.807, 2.05) is 20.8 Å². The normalized spacial score (nSPS) is 16.1. The maximum absolute atomic E-state index is 12.3. The number of carbonyl (C=O) groups is 2. The molecule has 1 aromatic rings. The third-order valence-corrected chi connectivity index (χ3v) is 5.65. The van der Waals surface area contributed by atoms with E-state index in [-0.39, 0.29) is 21.9 Å². The molecule has 1 atom stereocenters. The molecule has 3 N–H and O–H groups in total. The molecule has 0 radical (unpaired) electrons. The summed E-state index contributed by atoms with van der Waals surface area (Å²) in [6.07, 6.45) is 2.65. The lowest BCUT2D eigenvalue weighted by Gasteiger charge is -2.21. The summed E-state index contributed by atoms with van der Waals surface area (Å²) in [6, 6.07) is 4.50. The van der Waals surface area contributed by atoms with E-state index >= 15 is 0 Å². The standard InChI is InChI=1S/C18H26N2O5S/c1-18(2,3)11-10-15(17(22)23)19-16(21)12-4-8-14(9-5-12)26(24,25)20-13-6-7-13/h4-5,8-9,13,15,20H,6-7,10-11H2,1-3H3,(H,19,21)(H,22,23). The minimum atomic E-state index is -3.58. The number of amides is 1. The van der Waals surface area contributed by atoms with Gasteiger partial charge in [-0.05, 0) is 55.4 Å². The molecule has 1 aliphatic carbocycles. The van der Waals surface area contributed by atoms with E-state index in [0.717, 1.165) is 12.8 Å². The zero-order valence-electron chi connectivity index (χ0n) is 15.3. The first-order valence-electron chi connectivity index (χ1n) is 8.64. The van der Waals surface area contributed by atoms with Crippen LogP contribution < -0.4 is 10.0 Å². The molecular formula is C18H26N2O5S. The highest BCUT2D eigenvalue weighted by molar-refractivity contribution is 7.89. The van der Waals surface area contributed by atoms with Gasteiger partial charge >= 0.3 is 5.97 Å². The van der Waals surface area contributed by atoms with Crippen LogP contribution in [-0.2, 0) is 14.8 Å². The zero-order valence-corrected chi connectivity index (χ0v) is 16.1. The molecule has 1 saturated carbocycles. The van der Waals surface area contributed by atoms with Crippen LogP contribution in [0.1, 0.15) is 56.8 Å². The predicted octanol–water partition coefficient (Wildman–Crippen LogP) is 2.14. The van der Waals surface area contributed by atoms with E-state index in [1.54, 1.807) is 0 Å². The number of rotatable bonds is 8. The molecule has 1 aliphatic rings. The molecule has 26 heavy (non-hydrogen) atoms. The maximum atomic E-state index is 12.3. The molecule has 0 spiro atoms. The molecule has 144 valence electrons. The van der Waals surface area contributed by atoms with Gasteiger partial charge < -0.3 is 10.4 Å². The van der Waals surface area contributed by atoms with Crippen LogP contribution in [0.2, 0.25) is 0 Å². The Kier molecular flexibility index (Phi) is 6.08. The molecular weight excluding hydrogens is 356 g/mol. The monoisotopic (exact) mass is 382 g/mol. The Hall–Kier alpha value is -1.93. The summed E-state index contributed by atoms with van der Waals surface area (Å²) in [5.41, 5.74) is 0.181. The number of sulfonamides is 1. The number of hydrogen-bond donors (Lipinski definition) is 3. The first-order valence-corrected chi connectivity index (χ1v) is 10.1. The molecule has 0 saturated heterocycles. The smallest absolute Gasteiger partial charge is 0.326 e. The number of carboxylic acids is 1. The van der Waals surface area contributed by atoms with Crippen LogP contribution in [0.5, 0.6) is 0 Å². The van der Waals surface area contributed by atoms with Crippen LogP contribution in [-0.4, -0.2) is 37.5 Å². The van der Waals surface area contributed by atoms with E-state index in [4.69, 9.17) is 0 Å². The summed E-state index contributed by atoms with van der Waals surface area (Å²) >= 11 is 0. The largest absolute Gasteiger partial charge is 0.480 e. The van der Waals surface area contributed by atoms with Gasteiger partial charge in [0.2, 0.25) is 10.0 Å². The van der Waals surface area contributed by atoms with Gasteiger partial charge in [-0.2, -0.15) is 0 Å². The fourth-order valence-corrected chi connectivity index (χ4v) is 3.66. The molecule has 2 rings (SSSR count). The van der Waals surface area contributed by atoms with Crippen molar-refractivity contribution in [3.63, 3.8) is 0 Å². The van der Waals surface area contributed by atoms with Crippen molar-refractivity contribution < 1.29 is 23.1 Å². The zero-order chi connectivity index (χ0) is 19.5. The Balaban J connectivity index is 2.02. The maximum Gasteiger partial charge on any atom is 0.326 e. The highest BCUT2D eigenvalue weighted by atomic mass is 32.2. The number of benzene rings is 1. The first-order chi connectivity index (χ1) is 12.0. The highest BCUT2D eigenvalue weighted by Gasteiger charge is 2.28. The summed E-state index contributed by atoms with van der Waals surface area (Å²) in [4.78, 5) is 23.8. The van der Waals surface area contributed by atoms with E-state index in [1.165, 1.54) is 24.3 Å². The van der Waals surface area contributed by atoms with Gasteiger partial charge in [-0.25, -0.2) is 17.9 Å². The Bertz CT molecular complexity index is 762. The van der Waals surface area contributed by atoms with Crippen molar-refractivity contribution in [2.24, 2.45) is 5.41 Å². The Morgan fingerprint density at radius 1 is 1.19 bits per heavy atom. The molecule has 7 nitrogen and oxygen atoms in total. The van der Waals surface area contributed by atoms with Crippen molar-refractivity contribution in [1.82, 2.24) is 10.0 Å². The van der Waals surface area contributed by atoms with Gasteiger partial charge in [0.25, 0.3) is 5.91 Å². The van der Waals surface area contributed by atoms with Crippen molar-refractivity contribution in [3.05, 3.63) is 29.8 Å². The van der Waals surface area contributed by atoms with Crippen molar-refractivity contribution in [1.29, 1.82) is 0 Å². The molecule has 1 aromatic carbocycles. The lowest BCUT2D eigenvalue weighted by molar-refractivity contribution is -0.139. The summed E-state index contributed by atoms with van der Waals surface area (Å²) in [7, 11) is -3.58. The summed E-state index contributed by atoms with van der Waals surface area (Å²) in [5.74, 6) is -1.62. The number of carbonyl (C=O) groups excluding carboxylic acids is 1. The Morgan fingerprint density at radius 2 is 1.77 bits per heavy atom. The number of nitrogens with one attached hydrogen (secondary N) is 2. The topological polar surface area (TPSA) is 113 Å². The molecule has 1 fully saturated rings. The molecule has 1 amide bonds. The van der Waals surface area contributed by atoms with Crippen LogP contribution in [0.25, 0.3) is 0 Å². The average Bonchev–Trinajstić information content (AvgIpc) is 3.33. The minimum Gasteiger partial charge on any atom is -0.480 e. The SMILES string of the molecule is CC(C)(C)CCC(NC(=O)c1ccc(S(=O)(=O)NC2CC2)cc1)C(=O)O. The summed E-state index contributed by atoms with van der Waals surface area (Å²) in [5, 5.41) is 11.8. The molecule has 8 heteroatoms. The summed E-state index contributed by atoms with van der Waals surface area (Å²) in [6.45, 7) is 6.01. The predicted molar refractivity (Wildman–Crippen MR) is 97.4 cm³/mol. The van der Waals surface area contributed by atoms with Crippen LogP contribution in [0.15, 0.2) is 29.2 Å². The van der Waals surface area contributed by atoms with Gasteiger partial charge in [-0.3, -0.25) is 4.79 Å². The van der Waals surface area contributed by atoms with E-state index in [9.17, 15) is 23.1 Å². The van der Waals surface area contributed by atoms with Crippen LogP contribution in [0.4, 0.5) is 0 Å². The van der Waals surface area contributed by atoms with Gasteiger partial charge in [-0.1, -0.05) is 20.8 Å². The number of hydrogen-bond acceptors (Lipinski definition) is 4. The molecule has 0 aromatic heterocycles. The highest BCUT2D eigenvalue weighted by Crippen LogP contribution is 2.23. The number of aliphatic carboxylic acids is 1. The van der Waals surface area contributed by atoms with Gasteiger partial charge in [0.15, 0.2) is 0 Å². The second-order valence-electron chi connectivity index (χ2n) is 7.88. The molecule has 1 unspecified atom stereocenters. The number of carboxylic acid groups (broad SMARTS) is 1. The fraction of sp³-hybridized carbons (Fsp3) is 0.556. The van der Waals surface area contributed by atoms with E-state index in [0.29, 0.717) is 12.8 Å². The first kappa shape index (κ1) is 20.4. The third-order valence-electron chi connectivity index (χ3n) is 4.11. The van der Waals surface area contributed by atoms with Gasteiger partial charge in [0.1, 0.15) is 6.04 Å². The van der Waals surface area contributed by atoms with Gasteiger partial charge in [0, 0.05) is 11.6 Å². The minimum absolute atomic E-state index is 0.00196. The van der Waals surface area contributed by atoms with E-state index < -0.39 is 27.9 Å². The van der Waals surface area contributed by atoms with Gasteiger partial charge in [0.05, 0.1) is 4.90 Å². The second kappa shape index (κ2) is 7.75. The van der Waals surface area contributed by atoms with Crippen molar-refractivity contribution in [2.45, 2.75) is 63.4 Å². The van der Waals surface area contributed by atoms with Gasteiger partial charge in [-0.15, -0.1) is 0 Å². The van der Waals surface area contributed by atoms with Crippen LogP contribution >= 0.6 is 0 Å². The summed E-state index contributed by atoms with van der Waals surface area (Å²) < 4.78 is 26.8. The molecule has 0 aliphatic heterocycles. The Labute approximate surface area is 154 Å². The van der Waals surface area contributed by atoms with E-state index in [2.05, 4.69) is 10.0 Å². The Morgan fingerprint density at radius 3 is 2.23 bits per heavy atom. The second-order valence-corrected chi connectivity index (χ2v) is 9.60. The van der Waals surface area contributed by atoms with Crippen molar-refractivity contribution in [3.8, 4) is 0 Å². The van der Waals surface area contributed by atoms with Crippen molar-refractivity contribution >= 4 is 21.9 Å². The fourth-order valence-electron chi connectivity index (χ4n) is 2.35.